The van der Waals surface area contributed by atoms with Crippen LogP contribution < -0.4 is 0 Å². The Labute approximate surface area is 131 Å². The fourth-order valence-electron chi connectivity index (χ4n) is 2.09. The molecule has 2 aromatic rings. The van der Waals surface area contributed by atoms with Crippen LogP contribution in [0.1, 0.15) is 33.0 Å². The molecule has 0 fully saturated rings. The van der Waals surface area contributed by atoms with Crippen molar-refractivity contribution in [1.82, 2.24) is 0 Å². The summed E-state index contributed by atoms with van der Waals surface area (Å²) in [6.45, 7) is 3.89. The molecule has 4 heteroatoms. The van der Waals surface area contributed by atoms with E-state index in [0.29, 0.717) is 10.0 Å². The molecule has 2 aromatic carbocycles. The van der Waals surface area contributed by atoms with Crippen LogP contribution in [-0.4, -0.2) is 5.78 Å². The lowest BCUT2D eigenvalue weighted by atomic mass is 9.90. The van der Waals surface area contributed by atoms with E-state index in [2.05, 4.69) is 15.9 Å². The Morgan fingerprint density at radius 3 is 2.48 bits per heavy atom. The van der Waals surface area contributed by atoms with Gasteiger partial charge in [0, 0.05) is 10.0 Å². The Hall–Kier alpha value is -1.99. The highest BCUT2D eigenvalue weighted by atomic mass is 79.9. The number of hydrogen-bond donors (Lipinski definition) is 0. The van der Waals surface area contributed by atoms with E-state index in [-0.39, 0.29) is 5.56 Å². The van der Waals surface area contributed by atoms with Crippen molar-refractivity contribution in [3.05, 3.63) is 68.9 Å². The molecule has 1 atom stereocenters. The first-order valence-electron chi connectivity index (χ1n) is 6.39. The third-order valence-corrected chi connectivity index (χ3v) is 3.86. The number of Topliss-reactive ketones (excluding diaryl/α,β-unsaturated/α-hetero) is 1. The lowest BCUT2D eigenvalue weighted by Crippen LogP contribution is -2.12. The van der Waals surface area contributed by atoms with Crippen molar-refractivity contribution in [3.8, 4) is 6.07 Å². The van der Waals surface area contributed by atoms with Gasteiger partial charge in [0.15, 0.2) is 5.78 Å². The Balaban J connectivity index is 2.43. The quantitative estimate of drug-likeness (QED) is 0.756. The maximum Gasteiger partial charge on any atom is 0.184 e. The molecule has 2 rings (SSSR count). The average molecular weight is 346 g/mol. The van der Waals surface area contributed by atoms with E-state index in [1.807, 2.05) is 32.0 Å². The fourth-order valence-corrected chi connectivity index (χ4v) is 2.56. The highest BCUT2D eigenvalue weighted by Crippen LogP contribution is 2.25. The molecular formula is C17H13BrFNO. The summed E-state index contributed by atoms with van der Waals surface area (Å²) in [6.07, 6.45) is 0. The Morgan fingerprint density at radius 1 is 1.19 bits per heavy atom. The van der Waals surface area contributed by atoms with Gasteiger partial charge in [-0.1, -0.05) is 34.1 Å². The standard InChI is InChI=1S/C17H13BrFNO/c1-10-3-4-12(5-11(10)2)16(9-20)17(21)13-6-14(18)8-15(19)7-13/h3-8,16H,1-2H3. The second-order valence-corrected chi connectivity index (χ2v) is 5.84. The van der Waals surface area contributed by atoms with Gasteiger partial charge in [-0.25, -0.2) is 4.39 Å². The second kappa shape index (κ2) is 6.19. The number of ketones is 1. The zero-order chi connectivity index (χ0) is 15.6. The van der Waals surface area contributed by atoms with Crippen LogP contribution in [-0.2, 0) is 0 Å². The van der Waals surface area contributed by atoms with E-state index >= 15 is 0 Å². The van der Waals surface area contributed by atoms with Crippen molar-refractivity contribution in [2.24, 2.45) is 0 Å². The number of halogens is 2. The molecule has 0 aliphatic carbocycles. The predicted molar refractivity (Wildman–Crippen MR) is 82.7 cm³/mol. The van der Waals surface area contributed by atoms with Crippen LogP contribution in [0.5, 0.6) is 0 Å². The first kappa shape index (κ1) is 15.4. The Kier molecular flexibility index (Phi) is 4.54. The monoisotopic (exact) mass is 345 g/mol. The molecule has 106 valence electrons. The summed E-state index contributed by atoms with van der Waals surface area (Å²) in [5, 5.41) is 9.33. The van der Waals surface area contributed by atoms with Crippen molar-refractivity contribution >= 4 is 21.7 Å². The molecule has 0 bridgehead atoms. The minimum Gasteiger partial charge on any atom is -0.292 e. The summed E-state index contributed by atoms with van der Waals surface area (Å²) < 4.78 is 13.9. The van der Waals surface area contributed by atoms with Gasteiger partial charge >= 0.3 is 0 Å². The van der Waals surface area contributed by atoms with Gasteiger partial charge in [-0.15, -0.1) is 0 Å². The Morgan fingerprint density at radius 2 is 1.90 bits per heavy atom. The number of rotatable bonds is 3. The van der Waals surface area contributed by atoms with Crippen LogP contribution in [0.25, 0.3) is 0 Å². The summed E-state index contributed by atoms with van der Waals surface area (Å²) >= 11 is 3.15. The number of hydrogen-bond acceptors (Lipinski definition) is 2. The molecule has 0 heterocycles. The third kappa shape index (κ3) is 3.37. The van der Waals surface area contributed by atoms with Gasteiger partial charge in [-0.05, 0) is 48.7 Å². The lowest BCUT2D eigenvalue weighted by molar-refractivity contribution is 0.0978. The number of carbonyl (C=O) groups excluding carboxylic acids is 1. The van der Waals surface area contributed by atoms with E-state index in [1.165, 1.54) is 12.1 Å². The SMILES string of the molecule is Cc1ccc(C(C#N)C(=O)c2cc(F)cc(Br)c2)cc1C. The summed E-state index contributed by atoms with van der Waals surface area (Å²) in [4.78, 5) is 12.5. The predicted octanol–water partition coefficient (Wildman–Crippen LogP) is 4.70. The summed E-state index contributed by atoms with van der Waals surface area (Å²) in [6, 6.07) is 11.4. The molecule has 0 radical (unpaired) electrons. The Bertz CT molecular complexity index is 729. The third-order valence-electron chi connectivity index (χ3n) is 3.40. The number of nitrogens with zero attached hydrogens (tertiary/aromatic N) is 1. The number of benzene rings is 2. The van der Waals surface area contributed by atoms with Gasteiger partial charge in [0.2, 0.25) is 0 Å². The molecule has 0 spiro atoms. The van der Waals surface area contributed by atoms with E-state index in [9.17, 15) is 14.4 Å². The van der Waals surface area contributed by atoms with Crippen LogP contribution in [0, 0.1) is 31.0 Å². The van der Waals surface area contributed by atoms with Crippen LogP contribution >= 0.6 is 15.9 Å². The second-order valence-electron chi connectivity index (χ2n) is 4.93. The average Bonchev–Trinajstić information content (AvgIpc) is 2.42. The highest BCUT2D eigenvalue weighted by Gasteiger charge is 2.23. The molecule has 21 heavy (non-hydrogen) atoms. The first-order valence-corrected chi connectivity index (χ1v) is 7.18. The van der Waals surface area contributed by atoms with Gasteiger partial charge in [0.25, 0.3) is 0 Å². The van der Waals surface area contributed by atoms with Crippen LogP contribution in [0.4, 0.5) is 4.39 Å². The fraction of sp³-hybridized carbons (Fsp3) is 0.176. The number of carbonyl (C=O) groups is 1. The molecule has 0 N–H and O–H groups in total. The van der Waals surface area contributed by atoms with Gasteiger partial charge in [0.1, 0.15) is 11.7 Å². The molecule has 0 saturated carbocycles. The topological polar surface area (TPSA) is 40.9 Å². The minimum atomic E-state index is -0.932. The maximum atomic E-state index is 13.4. The van der Waals surface area contributed by atoms with E-state index in [1.54, 1.807) is 6.07 Å². The van der Waals surface area contributed by atoms with Gasteiger partial charge in [0.05, 0.1) is 6.07 Å². The number of aryl methyl sites for hydroxylation is 2. The molecule has 0 amide bonds. The zero-order valence-electron chi connectivity index (χ0n) is 11.7. The van der Waals surface area contributed by atoms with Crippen molar-refractivity contribution in [3.63, 3.8) is 0 Å². The maximum absolute atomic E-state index is 13.4. The minimum absolute atomic E-state index is 0.187. The van der Waals surface area contributed by atoms with Gasteiger partial charge in [-0.3, -0.25) is 4.79 Å². The van der Waals surface area contributed by atoms with Crippen LogP contribution in [0.3, 0.4) is 0 Å². The van der Waals surface area contributed by atoms with E-state index < -0.39 is 17.5 Å². The van der Waals surface area contributed by atoms with Crippen molar-refractivity contribution in [2.75, 3.05) is 0 Å². The lowest BCUT2D eigenvalue weighted by Gasteiger charge is -2.11. The molecule has 0 aliphatic heterocycles. The highest BCUT2D eigenvalue weighted by molar-refractivity contribution is 9.10. The number of nitriles is 1. The van der Waals surface area contributed by atoms with Gasteiger partial charge < -0.3 is 0 Å². The normalized spacial score (nSPS) is 11.8. The smallest absolute Gasteiger partial charge is 0.184 e. The molecule has 1 unspecified atom stereocenters. The van der Waals surface area contributed by atoms with Crippen LogP contribution in [0.2, 0.25) is 0 Å². The van der Waals surface area contributed by atoms with Gasteiger partial charge in [-0.2, -0.15) is 5.26 Å². The largest absolute Gasteiger partial charge is 0.292 e. The summed E-state index contributed by atoms with van der Waals surface area (Å²) in [7, 11) is 0. The van der Waals surface area contributed by atoms with Crippen LogP contribution in [0.15, 0.2) is 40.9 Å². The van der Waals surface area contributed by atoms with E-state index in [4.69, 9.17) is 0 Å². The molecule has 2 nitrogen and oxygen atoms in total. The zero-order valence-corrected chi connectivity index (χ0v) is 13.2. The summed E-state index contributed by atoms with van der Waals surface area (Å²) in [5.74, 6) is -1.84. The molecular weight excluding hydrogens is 333 g/mol. The molecule has 0 aromatic heterocycles. The molecule has 0 aliphatic rings. The molecule has 0 saturated heterocycles. The van der Waals surface area contributed by atoms with E-state index in [0.717, 1.165) is 17.2 Å². The van der Waals surface area contributed by atoms with Crippen molar-refractivity contribution in [2.45, 2.75) is 19.8 Å². The first-order chi connectivity index (χ1) is 9.92. The summed E-state index contributed by atoms with van der Waals surface area (Å²) in [5.41, 5.74) is 2.93. The van der Waals surface area contributed by atoms with Crippen molar-refractivity contribution < 1.29 is 9.18 Å². The van der Waals surface area contributed by atoms with Crippen molar-refractivity contribution in [1.29, 1.82) is 5.26 Å².